The highest BCUT2D eigenvalue weighted by atomic mass is 79.9. The molecule has 14 heavy (non-hydrogen) atoms. The van der Waals surface area contributed by atoms with E-state index in [1.165, 1.54) is 0 Å². The van der Waals surface area contributed by atoms with Crippen molar-refractivity contribution in [2.45, 2.75) is 0 Å². The monoisotopic (exact) mass is 268 g/mol. The van der Waals surface area contributed by atoms with E-state index in [0.717, 1.165) is 10.0 Å². The molecular formula is C10H6BrClN2. The average Bonchev–Trinajstić information content (AvgIpc) is 2.19. The summed E-state index contributed by atoms with van der Waals surface area (Å²) in [6.45, 7) is 0. The summed E-state index contributed by atoms with van der Waals surface area (Å²) in [5.74, 6) is 0.691. The van der Waals surface area contributed by atoms with Crippen molar-refractivity contribution in [1.29, 1.82) is 0 Å². The smallest absolute Gasteiger partial charge is 0.160 e. The molecule has 0 saturated carbocycles. The molecule has 0 fully saturated rings. The van der Waals surface area contributed by atoms with Gasteiger partial charge in [-0.3, -0.25) is 0 Å². The minimum Gasteiger partial charge on any atom is -0.237 e. The van der Waals surface area contributed by atoms with Crippen LogP contribution in [0.1, 0.15) is 0 Å². The summed E-state index contributed by atoms with van der Waals surface area (Å²) in [6, 6.07) is 7.32. The van der Waals surface area contributed by atoms with Gasteiger partial charge in [-0.25, -0.2) is 9.97 Å². The lowest BCUT2D eigenvalue weighted by Crippen LogP contribution is -1.87. The van der Waals surface area contributed by atoms with E-state index in [9.17, 15) is 0 Å². The summed E-state index contributed by atoms with van der Waals surface area (Å²) in [6.07, 6.45) is 3.42. The van der Waals surface area contributed by atoms with Crippen molar-refractivity contribution in [3.8, 4) is 11.4 Å². The maximum atomic E-state index is 5.83. The number of hydrogen-bond donors (Lipinski definition) is 0. The first-order chi connectivity index (χ1) is 6.77. The number of hydrogen-bond acceptors (Lipinski definition) is 2. The minimum atomic E-state index is 0.691. The Kier molecular flexibility index (Phi) is 2.79. The van der Waals surface area contributed by atoms with Gasteiger partial charge in [0.2, 0.25) is 0 Å². The molecule has 0 saturated heterocycles. The lowest BCUT2D eigenvalue weighted by molar-refractivity contribution is 1.17. The van der Waals surface area contributed by atoms with Crippen molar-refractivity contribution >= 4 is 27.5 Å². The second kappa shape index (κ2) is 4.07. The van der Waals surface area contributed by atoms with E-state index in [1.807, 2.05) is 18.2 Å². The van der Waals surface area contributed by atoms with Crippen molar-refractivity contribution < 1.29 is 0 Å². The third-order valence-electron chi connectivity index (χ3n) is 1.74. The van der Waals surface area contributed by atoms with Gasteiger partial charge in [-0.1, -0.05) is 11.6 Å². The fourth-order valence-corrected chi connectivity index (χ4v) is 1.97. The second-order valence-electron chi connectivity index (χ2n) is 2.70. The average molecular weight is 270 g/mol. The van der Waals surface area contributed by atoms with E-state index in [1.54, 1.807) is 18.5 Å². The van der Waals surface area contributed by atoms with Gasteiger partial charge >= 0.3 is 0 Å². The van der Waals surface area contributed by atoms with Crippen LogP contribution in [0, 0.1) is 0 Å². The number of halogens is 2. The zero-order valence-electron chi connectivity index (χ0n) is 7.11. The van der Waals surface area contributed by atoms with Crippen LogP contribution >= 0.6 is 27.5 Å². The molecule has 2 rings (SSSR count). The third kappa shape index (κ3) is 1.94. The predicted octanol–water partition coefficient (Wildman–Crippen LogP) is 3.56. The van der Waals surface area contributed by atoms with Gasteiger partial charge < -0.3 is 0 Å². The lowest BCUT2D eigenvalue weighted by atomic mass is 10.2. The zero-order valence-corrected chi connectivity index (χ0v) is 9.46. The molecule has 0 bridgehead atoms. The SMILES string of the molecule is Clc1ccc(-c2ncccn2)c(Br)c1. The second-order valence-corrected chi connectivity index (χ2v) is 3.99. The Hall–Kier alpha value is -0.930. The predicted molar refractivity (Wildman–Crippen MR) is 60.2 cm³/mol. The Balaban J connectivity index is 2.53. The fraction of sp³-hybridized carbons (Fsp3) is 0. The molecule has 0 atom stereocenters. The Morgan fingerprint density at radius 1 is 1.14 bits per heavy atom. The molecule has 1 aromatic carbocycles. The molecular weight excluding hydrogens is 263 g/mol. The van der Waals surface area contributed by atoms with Crippen LogP contribution < -0.4 is 0 Å². The lowest BCUT2D eigenvalue weighted by Gasteiger charge is -2.02. The molecule has 0 aliphatic rings. The van der Waals surface area contributed by atoms with Crippen molar-refractivity contribution in [2.24, 2.45) is 0 Å². The van der Waals surface area contributed by atoms with Crippen molar-refractivity contribution in [3.63, 3.8) is 0 Å². The maximum Gasteiger partial charge on any atom is 0.160 e. The van der Waals surface area contributed by atoms with Crippen molar-refractivity contribution in [1.82, 2.24) is 9.97 Å². The summed E-state index contributed by atoms with van der Waals surface area (Å²) in [5, 5.41) is 0.691. The number of rotatable bonds is 1. The molecule has 0 amide bonds. The van der Waals surface area contributed by atoms with Crippen LogP contribution in [0.4, 0.5) is 0 Å². The molecule has 1 aromatic heterocycles. The molecule has 0 radical (unpaired) electrons. The number of nitrogens with zero attached hydrogens (tertiary/aromatic N) is 2. The molecule has 0 aliphatic carbocycles. The number of benzene rings is 1. The molecule has 1 heterocycles. The van der Waals surface area contributed by atoms with Crippen LogP contribution in [0.2, 0.25) is 5.02 Å². The van der Waals surface area contributed by atoms with Crippen LogP contribution in [-0.4, -0.2) is 9.97 Å². The molecule has 2 nitrogen and oxygen atoms in total. The Morgan fingerprint density at radius 2 is 1.86 bits per heavy atom. The summed E-state index contributed by atoms with van der Waals surface area (Å²) in [4.78, 5) is 8.31. The number of aromatic nitrogens is 2. The van der Waals surface area contributed by atoms with Crippen LogP contribution in [0.3, 0.4) is 0 Å². The highest BCUT2D eigenvalue weighted by molar-refractivity contribution is 9.10. The van der Waals surface area contributed by atoms with E-state index in [4.69, 9.17) is 11.6 Å². The Bertz CT molecular complexity index is 445. The molecule has 70 valence electrons. The minimum absolute atomic E-state index is 0.691. The molecule has 0 aliphatic heterocycles. The van der Waals surface area contributed by atoms with Gasteiger partial charge in [0.05, 0.1) is 0 Å². The van der Waals surface area contributed by atoms with Gasteiger partial charge in [-0.05, 0) is 40.2 Å². The van der Waals surface area contributed by atoms with E-state index < -0.39 is 0 Å². The van der Waals surface area contributed by atoms with E-state index in [0.29, 0.717) is 10.8 Å². The highest BCUT2D eigenvalue weighted by Crippen LogP contribution is 2.27. The Labute approximate surface area is 95.1 Å². The first kappa shape index (κ1) is 9.62. The molecule has 4 heteroatoms. The molecule has 0 spiro atoms. The van der Waals surface area contributed by atoms with Gasteiger partial charge in [0, 0.05) is 27.5 Å². The highest BCUT2D eigenvalue weighted by Gasteiger charge is 2.04. The van der Waals surface area contributed by atoms with Gasteiger partial charge in [0.1, 0.15) is 0 Å². The molecule has 0 N–H and O–H groups in total. The topological polar surface area (TPSA) is 25.8 Å². The van der Waals surface area contributed by atoms with Crippen molar-refractivity contribution in [2.75, 3.05) is 0 Å². The standard InChI is InChI=1S/C10H6BrClN2/c11-9-6-7(12)2-3-8(9)10-13-4-1-5-14-10/h1-6H. The summed E-state index contributed by atoms with van der Waals surface area (Å²) in [5.41, 5.74) is 0.940. The normalized spacial score (nSPS) is 10.1. The fourth-order valence-electron chi connectivity index (χ4n) is 1.11. The van der Waals surface area contributed by atoms with Gasteiger partial charge in [-0.2, -0.15) is 0 Å². The maximum absolute atomic E-state index is 5.83. The van der Waals surface area contributed by atoms with E-state index in [-0.39, 0.29) is 0 Å². The van der Waals surface area contributed by atoms with Crippen LogP contribution in [0.25, 0.3) is 11.4 Å². The summed E-state index contributed by atoms with van der Waals surface area (Å²) in [7, 11) is 0. The van der Waals surface area contributed by atoms with Crippen LogP contribution in [0.15, 0.2) is 41.1 Å². The quantitative estimate of drug-likeness (QED) is 0.791. The van der Waals surface area contributed by atoms with E-state index in [2.05, 4.69) is 25.9 Å². The molecule has 2 aromatic rings. The Morgan fingerprint density at radius 3 is 2.50 bits per heavy atom. The van der Waals surface area contributed by atoms with Gasteiger partial charge in [0.15, 0.2) is 5.82 Å². The van der Waals surface area contributed by atoms with Crippen LogP contribution in [-0.2, 0) is 0 Å². The third-order valence-corrected chi connectivity index (χ3v) is 2.63. The molecule has 0 unspecified atom stereocenters. The van der Waals surface area contributed by atoms with Gasteiger partial charge in [0.25, 0.3) is 0 Å². The first-order valence-electron chi connectivity index (χ1n) is 4.00. The van der Waals surface area contributed by atoms with E-state index >= 15 is 0 Å². The zero-order chi connectivity index (χ0) is 9.97. The van der Waals surface area contributed by atoms with Crippen LogP contribution in [0.5, 0.6) is 0 Å². The largest absolute Gasteiger partial charge is 0.237 e. The first-order valence-corrected chi connectivity index (χ1v) is 5.17. The summed E-state index contributed by atoms with van der Waals surface area (Å²) < 4.78 is 0.899. The van der Waals surface area contributed by atoms with Crippen molar-refractivity contribution in [3.05, 3.63) is 46.2 Å². The summed E-state index contributed by atoms with van der Waals surface area (Å²) >= 11 is 9.25. The van der Waals surface area contributed by atoms with Gasteiger partial charge in [-0.15, -0.1) is 0 Å².